The van der Waals surface area contributed by atoms with E-state index in [0.717, 1.165) is 12.8 Å². The number of hydrogen-bond acceptors (Lipinski definition) is 2. The first-order chi connectivity index (χ1) is 4.31. The van der Waals surface area contributed by atoms with Gasteiger partial charge < -0.3 is 5.73 Å². The van der Waals surface area contributed by atoms with Gasteiger partial charge in [-0.25, -0.2) is 0 Å². The van der Waals surface area contributed by atoms with Gasteiger partial charge in [0.05, 0.1) is 0 Å². The third-order valence-corrected chi connectivity index (χ3v) is 1.23. The molecule has 0 aliphatic carbocycles. The normalized spacial score (nSPS) is 9.56. The maximum atomic E-state index is 10.7. The lowest BCUT2D eigenvalue weighted by Crippen LogP contribution is -2.07. The van der Waals surface area contributed by atoms with E-state index >= 15 is 0 Å². The fourth-order valence-electron chi connectivity index (χ4n) is 0.660. The molecule has 9 heavy (non-hydrogen) atoms. The number of unbranched alkanes of at least 4 members (excludes halogenated alkanes) is 1. The SMILES string of the molecule is CCCCC(=O)CCN. The van der Waals surface area contributed by atoms with Gasteiger partial charge in [0.15, 0.2) is 0 Å². The zero-order valence-electron chi connectivity index (χ0n) is 6.02. The molecule has 0 bridgehead atoms. The van der Waals surface area contributed by atoms with E-state index < -0.39 is 0 Å². The summed E-state index contributed by atoms with van der Waals surface area (Å²) in [5.41, 5.74) is 5.18. The third-order valence-electron chi connectivity index (χ3n) is 1.23. The van der Waals surface area contributed by atoms with E-state index in [-0.39, 0.29) is 0 Å². The molecule has 0 saturated heterocycles. The molecule has 0 heterocycles. The molecule has 0 rings (SSSR count). The quantitative estimate of drug-likeness (QED) is 0.604. The summed E-state index contributed by atoms with van der Waals surface area (Å²) in [6.45, 7) is 2.58. The molecule has 0 fully saturated rings. The number of ketones is 1. The Morgan fingerprint density at radius 2 is 2.11 bits per heavy atom. The second-order valence-corrected chi connectivity index (χ2v) is 2.18. The van der Waals surface area contributed by atoms with Gasteiger partial charge in [0.25, 0.3) is 0 Å². The molecule has 0 aromatic heterocycles. The van der Waals surface area contributed by atoms with Crippen LogP contribution in [0.2, 0.25) is 0 Å². The maximum Gasteiger partial charge on any atom is 0.134 e. The first-order valence-corrected chi connectivity index (χ1v) is 3.53. The Labute approximate surface area is 56.4 Å². The molecule has 0 atom stereocenters. The first-order valence-electron chi connectivity index (χ1n) is 3.53. The standard InChI is InChI=1S/C7H15NO/c1-2-3-4-7(9)5-6-8/h2-6,8H2,1H3. The smallest absolute Gasteiger partial charge is 0.134 e. The van der Waals surface area contributed by atoms with E-state index in [1.807, 2.05) is 0 Å². The zero-order valence-corrected chi connectivity index (χ0v) is 6.02. The van der Waals surface area contributed by atoms with Gasteiger partial charge in [0.2, 0.25) is 0 Å². The molecule has 2 N–H and O–H groups in total. The first kappa shape index (κ1) is 8.63. The van der Waals surface area contributed by atoms with E-state index in [0.29, 0.717) is 25.2 Å². The van der Waals surface area contributed by atoms with Crippen molar-refractivity contribution in [1.82, 2.24) is 0 Å². The van der Waals surface area contributed by atoms with Crippen LogP contribution in [0.5, 0.6) is 0 Å². The highest BCUT2D eigenvalue weighted by molar-refractivity contribution is 5.78. The summed E-state index contributed by atoms with van der Waals surface area (Å²) < 4.78 is 0. The average Bonchev–Trinajstić information content (AvgIpc) is 1.85. The summed E-state index contributed by atoms with van der Waals surface area (Å²) in [4.78, 5) is 10.7. The Kier molecular flexibility index (Phi) is 5.52. The molecule has 0 unspecified atom stereocenters. The van der Waals surface area contributed by atoms with E-state index in [4.69, 9.17) is 5.73 Å². The van der Waals surface area contributed by atoms with Crippen molar-refractivity contribution >= 4 is 5.78 Å². The van der Waals surface area contributed by atoms with Crippen molar-refractivity contribution in [3.63, 3.8) is 0 Å². The molecule has 54 valence electrons. The van der Waals surface area contributed by atoms with Crippen LogP contribution in [0.25, 0.3) is 0 Å². The van der Waals surface area contributed by atoms with Crippen molar-refractivity contribution in [2.45, 2.75) is 32.6 Å². The van der Waals surface area contributed by atoms with E-state index in [1.54, 1.807) is 0 Å². The van der Waals surface area contributed by atoms with Gasteiger partial charge in [-0.1, -0.05) is 13.3 Å². The Bertz CT molecular complexity index is 81.0. The highest BCUT2D eigenvalue weighted by Crippen LogP contribution is 1.96. The second-order valence-electron chi connectivity index (χ2n) is 2.18. The van der Waals surface area contributed by atoms with Gasteiger partial charge in [-0.05, 0) is 13.0 Å². The van der Waals surface area contributed by atoms with Crippen LogP contribution >= 0.6 is 0 Å². The lowest BCUT2D eigenvalue weighted by molar-refractivity contribution is -0.118. The highest BCUT2D eigenvalue weighted by Gasteiger charge is 1.96. The summed E-state index contributed by atoms with van der Waals surface area (Å²) in [5, 5.41) is 0. The third kappa shape index (κ3) is 5.50. The fraction of sp³-hybridized carbons (Fsp3) is 0.857. The number of nitrogens with two attached hydrogens (primary N) is 1. The van der Waals surface area contributed by atoms with Gasteiger partial charge in [0.1, 0.15) is 5.78 Å². The molecule has 0 aromatic carbocycles. The largest absolute Gasteiger partial charge is 0.330 e. The van der Waals surface area contributed by atoms with Crippen LogP contribution in [-0.4, -0.2) is 12.3 Å². The molecular weight excluding hydrogens is 114 g/mol. The Balaban J connectivity index is 3.06. The van der Waals surface area contributed by atoms with Crippen LogP contribution in [-0.2, 0) is 4.79 Å². The van der Waals surface area contributed by atoms with E-state index in [1.165, 1.54) is 0 Å². The van der Waals surface area contributed by atoms with Crippen molar-refractivity contribution in [2.24, 2.45) is 5.73 Å². The number of carbonyl (C=O) groups is 1. The van der Waals surface area contributed by atoms with Gasteiger partial charge >= 0.3 is 0 Å². The van der Waals surface area contributed by atoms with E-state index in [9.17, 15) is 4.79 Å². The van der Waals surface area contributed by atoms with Gasteiger partial charge in [-0.15, -0.1) is 0 Å². The van der Waals surface area contributed by atoms with Crippen LogP contribution in [0.3, 0.4) is 0 Å². The van der Waals surface area contributed by atoms with Crippen molar-refractivity contribution in [3.8, 4) is 0 Å². The predicted molar refractivity (Wildman–Crippen MR) is 38.2 cm³/mol. The fourth-order valence-corrected chi connectivity index (χ4v) is 0.660. The van der Waals surface area contributed by atoms with Crippen molar-refractivity contribution in [2.75, 3.05) is 6.54 Å². The monoisotopic (exact) mass is 129 g/mol. The number of Topliss-reactive ketones (excluding diaryl/α,β-unsaturated/α-hetero) is 1. The van der Waals surface area contributed by atoms with Crippen LogP contribution in [0, 0.1) is 0 Å². The Morgan fingerprint density at radius 3 is 2.56 bits per heavy atom. The molecule has 2 heteroatoms. The van der Waals surface area contributed by atoms with Crippen LogP contribution in [0.4, 0.5) is 0 Å². The minimum atomic E-state index is 0.305. The maximum absolute atomic E-state index is 10.7. The molecule has 0 spiro atoms. The molecule has 0 aliphatic heterocycles. The zero-order chi connectivity index (χ0) is 7.11. The topological polar surface area (TPSA) is 43.1 Å². The predicted octanol–water partition coefficient (Wildman–Crippen LogP) is 1.09. The summed E-state index contributed by atoms with van der Waals surface area (Å²) in [7, 11) is 0. The highest BCUT2D eigenvalue weighted by atomic mass is 16.1. The minimum Gasteiger partial charge on any atom is -0.330 e. The summed E-state index contributed by atoms with van der Waals surface area (Å²) >= 11 is 0. The van der Waals surface area contributed by atoms with Crippen molar-refractivity contribution in [3.05, 3.63) is 0 Å². The Morgan fingerprint density at radius 1 is 1.44 bits per heavy atom. The molecule has 0 amide bonds. The summed E-state index contributed by atoms with van der Waals surface area (Å²) in [6.07, 6.45) is 3.38. The molecule has 0 aromatic rings. The van der Waals surface area contributed by atoms with Gasteiger partial charge in [0, 0.05) is 12.8 Å². The van der Waals surface area contributed by atoms with Gasteiger partial charge in [-0.3, -0.25) is 4.79 Å². The van der Waals surface area contributed by atoms with Crippen molar-refractivity contribution < 1.29 is 4.79 Å². The Hall–Kier alpha value is -0.370. The summed E-state index contributed by atoms with van der Waals surface area (Å²) in [6, 6.07) is 0. The van der Waals surface area contributed by atoms with Crippen molar-refractivity contribution in [1.29, 1.82) is 0 Å². The van der Waals surface area contributed by atoms with Crippen LogP contribution in [0.1, 0.15) is 32.6 Å². The molecular formula is C7H15NO. The van der Waals surface area contributed by atoms with E-state index in [2.05, 4.69) is 6.92 Å². The second kappa shape index (κ2) is 5.76. The molecule has 0 saturated carbocycles. The lowest BCUT2D eigenvalue weighted by atomic mass is 10.1. The summed E-state index contributed by atoms with van der Waals surface area (Å²) in [5.74, 6) is 0.305. The average molecular weight is 129 g/mol. The molecule has 0 radical (unpaired) electrons. The van der Waals surface area contributed by atoms with Crippen LogP contribution < -0.4 is 5.73 Å². The number of carbonyl (C=O) groups excluding carboxylic acids is 1. The number of rotatable bonds is 5. The van der Waals surface area contributed by atoms with Crippen LogP contribution in [0.15, 0.2) is 0 Å². The molecule has 0 aliphatic rings. The van der Waals surface area contributed by atoms with Gasteiger partial charge in [-0.2, -0.15) is 0 Å². The lowest BCUT2D eigenvalue weighted by Gasteiger charge is -1.94. The molecule has 2 nitrogen and oxygen atoms in total. The number of hydrogen-bond donors (Lipinski definition) is 1. The minimum absolute atomic E-state index is 0.305.